The lowest BCUT2D eigenvalue weighted by molar-refractivity contribution is 0.0535. The minimum atomic E-state index is -0.903. The molecule has 0 aromatic heterocycles. The molecule has 1 unspecified atom stereocenters. The molecule has 0 saturated heterocycles. The molecule has 5 nitrogen and oxygen atoms in total. The zero-order valence-electron chi connectivity index (χ0n) is 8.92. The highest BCUT2D eigenvalue weighted by Gasteiger charge is 2.06. The SMILES string of the molecule is COC(=O)c1ccc(OCC(O)CO)cc1. The summed E-state index contributed by atoms with van der Waals surface area (Å²) in [5, 5.41) is 17.6. The second-order valence-corrected chi connectivity index (χ2v) is 3.16. The lowest BCUT2D eigenvalue weighted by Crippen LogP contribution is -2.21. The fraction of sp³-hybridized carbons (Fsp3) is 0.364. The van der Waals surface area contributed by atoms with Crippen LogP contribution in [-0.4, -0.2) is 42.6 Å². The van der Waals surface area contributed by atoms with Gasteiger partial charge in [0.15, 0.2) is 0 Å². The fourth-order valence-corrected chi connectivity index (χ4v) is 1.05. The molecule has 0 heterocycles. The summed E-state index contributed by atoms with van der Waals surface area (Å²) in [6, 6.07) is 6.31. The third-order valence-corrected chi connectivity index (χ3v) is 1.93. The molecule has 0 spiro atoms. The van der Waals surface area contributed by atoms with Gasteiger partial charge in [0.2, 0.25) is 0 Å². The smallest absolute Gasteiger partial charge is 0.337 e. The van der Waals surface area contributed by atoms with Crippen molar-refractivity contribution in [2.24, 2.45) is 0 Å². The van der Waals surface area contributed by atoms with Gasteiger partial charge >= 0.3 is 5.97 Å². The summed E-state index contributed by atoms with van der Waals surface area (Å²) in [5.74, 6) is 0.0992. The molecule has 16 heavy (non-hydrogen) atoms. The Balaban J connectivity index is 2.54. The van der Waals surface area contributed by atoms with E-state index in [0.29, 0.717) is 11.3 Å². The Morgan fingerprint density at radius 2 is 2.00 bits per heavy atom. The maximum Gasteiger partial charge on any atom is 0.337 e. The molecule has 1 rings (SSSR count). The lowest BCUT2D eigenvalue weighted by atomic mass is 10.2. The molecular formula is C11H14O5. The van der Waals surface area contributed by atoms with Crippen LogP contribution < -0.4 is 4.74 Å². The predicted octanol–water partition coefficient (Wildman–Crippen LogP) is 0.205. The number of benzene rings is 1. The Morgan fingerprint density at radius 1 is 1.38 bits per heavy atom. The quantitative estimate of drug-likeness (QED) is 0.702. The Morgan fingerprint density at radius 3 is 2.50 bits per heavy atom. The first kappa shape index (κ1) is 12.5. The Kier molecular flexibility index (Phi) is 4.75. The molecule has 0 radical (unpaired) electrons. The molecule has 1 atom stereocenters. The number of aliphatic hydroxyl groups excluding tert-OH is 2. The lowest BCUT2D eigenvalue weighted by Gasteiger charge is -2.09. The van der Waals surface area contributed by atoms with Crippen molar-refractivity contribution in [3.63, 3.8) is 0 Å². The van der Waals surface area contributed by atoms with Crippen molar-refractivity contribution in [1.82, 2.24) is 0 Å². The first-order valence-electron chi connectivity index (χ1n) is 4.77. The molecule has 0 aliphatic rings. The molecule has 2 N–H and O–H groups in total. The highest BCUT2D eigenvalue weighted by molar-refractivity contribution is 5.89. The van der Waals surface area contributed by atoms with Crippen LogP contribution in [-0.2, 0) is 4.74 Å². The molecule has 0 saturated carbocycles. The van der Waals surface area contributed by atoms with Crippen LogP contribution in [0.25, 0.3) is 0 Å². The monoisotopic (exact) mass is 226 g/mol. The molecule has 0 aliphatic heterocycles. The summed E-state index contributed by atoms with van der Waals surface area (Å²) in [4.78, 5) is 11.1. The van der Waals surface area contributed by atoms with E-state index in [9.17, 15) is 4.79 Å². The molecule has 0 bridgehead atoms. The van der Waals surface area contributed by atoms with Gasteiger partial charge in [-0.25, -0.2) is 4.79 Å². The Hall–Kier alpha value is -1.59. The average molecular weight is 226 g/mol. The van der Waals surface area contributed by atoms with Crippen molar-refractivity contribution < 1.29 is 24.5 Å². The summed E-state index contributed by atoms with van der Waals surface area (Å²) in [6.07, 6.45) is -0.903. The Labute approximate surface area is 93.2 Å². The van der Waals surface area contributed by atoms with E-state index in [0.717, 1.165) is 0 Å². The number of aliphatic hydroxyl groups is 2. The van der Waals surface area contributed by atoms with Gasteiger partial charge in [0.05, 0.1) is 19.3 Å². The first-order valence-corrected chi connectivity index (χ1v) is 4.77. The largest absolute Gasteiger partial charge is 0.491 e. The molecule has 0 fully saturated rings. The summed E-state index contributed by atoms with van der Waals surface area (Å²) in [7, 11) is 1.31. The van der Waals surface area contributed by atoms with Crippen molar-refractivity contribution in [3.8, 4) is 5.75 Å². The molecule has 88 valence electrons. The van der Waals surface area contributed by atoms with Gasteiger partial charge in [-0.2, -0.15) is 0 Å². The van der Waals surface area contributed by atoms with Crippen molar-refractivity contribution in [3.05, 3.63) is 29.8 Å². The summed E-state index contributed by atoms with van der Waals surface area (Å²) >= 11 is 0. The van der Waals surface area contributed by atoms with E-state index in [2.05, 4.69) is 4.74 Å². The van der Waals surface area contributed by atoms with Gasteiger partial charge in [-0.1, -0.05) is 0 Å². The van der Waals surface area contributed by atoms with Crippen molar-refractivity contribution in [2.75, 3.05) is 20.3 Å². The molecule has 1 aromatic carbocycles. The van der Waals surface area contributed by atoms with E-state index in [1.54, 1.807) is 24.3 Å². The van der Waals surface area contributed by atoms with E-state index in [1.165, 1.54) is 7.11 Å². The minimum Gasteiger partial charge on any atom is -0.491 e. The molecule has 0 aliphatic carbocycles. The van der Waals surface area contributed by atoms with Crippen LogP contribution in [0.5, 0.6) is 5.75 Å². The number of rotatable bonds is 5. The minimum absolute atomic E-state index is 0.00801. The van der Waals surface area contributed by atoms with Crippen LogP contribution in [0.3, 0.4) is 0 Å². The molecule has 0 amide bonds. The molecular weight excluding hydrogens is 212 g/mol. The highest BCUT2D eigenvalue weighted by atomic mass is 16.5. The summed E-state index contributed by atoms with van der Waals surface area (Å²) in [5.41, 5.74) is 0.428. The topological polar surface area (TPSA) is 76.0 Å². The molecule has 5 heteroatoms. The molecule has 1 aromatic rings. The van der Waals surface area contributed by atoms with Gasteiger partial charge in [-0.15, -0.1) is 0 Å². The Bertz CT molecular complexity index is 333. The van der Waals surface area contributed by atoms with Crippen molar-refractivity contribution in [2.45, 2.75) is 6.10 Å². The standard InChI is InChI=1S/C11H14O5/c1-15-11(14)8-2-4-10(5-3-8)16-7-9(13)6-12/h2-5,9,12-13H,6-7H2,1H3. The third-order valence-electron chi connectivity index (χ3n) is 1.93. The number of carbonyl (C=O) groups is 1. The number of hydrogen-bond donors (Lipinski definition) is 2. The predicted molar refractivity (Wildman–Crippen MR) is 56.4 cm³/mol. The zero-order valence-corrected chi connectivity index (χ0v) is 8.92. The van der Waals surface area contributed by atoms with Gasteiger partial charge in [0, 0.05) is 0 Å². The van der Waals surface area contributed by atoms with E-state index < -0.39 is 12.1 Å². The number of methoxy groups -OCH3 is 1. The van der Waals surface area contributed by atoms with Crippen LogP contribution in [0.2, 0.25) is 0 Å². The second kappa shape index (κ2) is 6.09. The second-order valence-electron chi connectivity index (χ2n) is 3.16. The normalized spacial score (nSPS) is 11.9. The average Bonchev–Trinajstić information content (AvgIpc) is 2.35. The number of hydrogen-bond acceptors (Lipinski definition) is 5. The number of carbonyl (C=O) groups excluding carboxylic acids is 1. The number of ether oxygens (including phenoxy) is 2. The van der Waals surface area contributed by atoms with E-state index in [1.807, 2.05) is 0 Å². The van der Waals surface area contributed by atoms with Gasteiger partial charge < -0.3 is 19.7 Å². The number of esters is 1. The van der Waals surface area contributed by atoms with Crippen LogP contribution in [0.4, 0.5) is 0 Å². The van der Waals surface area contributed by atoms with Gasteiger partial charge in [-0.3, -0.25) is 0 Å². The fourth-order valence-electron chi connectivity index (χ4n) is 1.05. The maximum absolute atomic E-state index is 11.1. The van der Waals surface area contributed by atoms with Crippen molar-refractivity contribution >= 4 is 5.97 Å². The van der Waals surface area contributed by atoms with Crippen LogP contribution in [0.15, 0.2) is 24.3 Å². The van der Waals surface area contributed by atoms with Crippen LogP contribution >= 0.6 is 0 Å². The first-order chi connectivity index (χ1) is 7.67. The van der Waals surface area contributed by atoms with E-state index in [4.69, 9.17) is 14.9 Å². The van der Waals surface area contributed by atoms with Gasteiger partial charge in [-0.05, 0) is 24.3 Å². The third kappa shape index (κ3) is 3.52. The van der Waals surface area contributed by atoms with Gasteiger partial charge in [0.25, 0.3) is 0 Å². The maximum atomic E-state index is 11.1. The van der Waals surface area contributed by atoms with E-state index >= 15 is 0 Å². The zero-order chi connectivity index (χ0) is 12.0. The summed E-state index contributed by atoms with van der Waals surface area (Å²) < 4.78 is 9.70. The highest BCUT2D eigenvalue weighted by Crippen LogP contribution is 2.12. The van der Waals surface area contributed by atoms with Crippen molar-refractivity contribution in [1.29, 1.82) is 0 Å². The summed E-state index contributed by atoms with van der Waals surface area (Å²) in [6.45, 7) is -0.339. The van der Waals surface area contributed by atoms with Crippen LogP contribution in [0, 0.1) is 0 Å². The van der Waals surface area contributed by atoms with Crippen LogP contribution in [0.1, 0.15) is 10.4 Å². The van der Waals surface area contributed by atoms with E-state index in [-0.39, 0.29) is 13.2 Å². The van der Waals surface area contributed by atoms with Gasteiger partial charge in [0.1, 0.15) is 18.5 Å².